The molecule has 0 aromatic carbocycles. The molecular formula is C10H16N2O2. The lowest BCUT2D eigenvalue weighted by Crippen LogP contribution is -2.18. The maximum atomic E-state index is 9.63. The van der Waals surface area contributed by atoms with Crippen LogP contribution in [0.2, 0.25) is 0 Å². The molecular weight excluding hydrogens is 180 g/mol. The van der Waals surface area contributed by atoms with Crippen molar-refractivity contribution in [1.29, 1.82) is 0 Å². The summed E-state index contributed by atoms with van der Waals surface area (Å²) in [6.45, 7) is 3.94. The quantitative estimate of drug-likeness (QED) is 0.782. The van der Waals surface area contributed by atoms with Gasteiger partial charge in [-0.3, -0.25) is 4.98 Å². The second-order valence-corrected chi connectivity index (χ2v) is 3.57. The van der Waals surface area contributed by atoms with Gasteiger partial charge < -0.3 is 9.84 Å². The average Bonchev–Trinajstić information content (AvgIpc) is 2.18. The largest absolute Gasteiger partial charge is 0.480 e. The summed E-state index contributed by atoms with van der Waals surface area (Å²) in [5, 5.41) is 9.63. The molecule has 0 fully saturated rings. The Bertz CT molecular complexity index is 289. The van der Waals surface area contributed by atoms with Crippen molar-refractivity contribution in [3.8, 4) is 5.88 Å². The predicted octanol–water partition coefficient (Wildman–Crippen LogP) is 1.04. The minimum atomic E-state index is -0.378. The molecule has 0 aliphatic carbocycles. The van der Waals surface area contributed by atoms with Gasteiger partial charge in [-0.1, -0.05) is 13.8 Å². The average molecular weight is 196 g/mol. The van der Waals surface area contributed by atoms with Crippen molar-refractivity contribution in [3.05, 3.63) is 18.1 Å². The Labute approximate surface area is 84.0 Å². The van der Waals surface area contributed by atoms with Gasteiger partial charge in [-0.2, -0.15) is 0 Å². The van der Waals surface area contributed by atoms with Gasteiger partial charge in [-0.25, -0.2) is 4.98 Å². The van der Waals surface area contributed by atoms with Crippen molar-refractivity contribution in [2.24, 2.45) is 5.92 Å². The zero-order valence-corrected chi connectivity index (χ0v) is 8.77. The van der Waals surface area contributed by atoms with Gasteiger partial charge in [0.25, 0.3) is 0 Å². The summed E-state index contributed by atoms with van der Waals surface area (Å²) in [6.07, 6.45) is 3.33. The third-order valence-electron chi connectivity index (χ3n) is 2.06. The Balaban J connectivity index is 2.66. The van der Waals surface area contributed by atoms with Crippen LogP contribution in [0, 0.1) is 5.92 Å². The minimum absolute atomic E-state index is 0.225. The van der Waals surface area contributed by atoms with Crippen LogP contribution >= 0.6 is 0 Å². The second-order valence-electron chi connectivity index (χ2n) is 3.57. The lowest BCUT2D eigenvalue weighted by molar-refractivity contribution is 0.124. The van der Waals surface area contributed by atoms with Crippen LogP contribution in [-0.4, -0.2) is 28.3 Å². The van der Waals surface area contributed by atoms with E-state index in [1.807, 2.05) is 13.8 Å². The summed E-state index contributed by atoms with van der Waals surface area (Å²) >= 11 is 0. The molecule has 0 bridgehead atoms. The number of aromatic nitrogens is 2. The highest BCUT2D eigenvalue weighted by molar-refractivity contribution is 5.08. The minimum Gasteiger partial charge on any atom is -0.480 e. The van der Waals surface area contributed by atoms with E-state index in [-0.39, 0.29) is 12.0 Å². The topological polar surface area (TPSA) is 55.2 Å². The van der Waals surface area contributed by atoms with Crippen LogP contribution in [-0.2, 0) is 6.42 Å². The van der Waals surface area contributed by atoms with E-state index in [9.17, 15) is 5.11 Å². The van der Waals surface area contributed by atoms with Gasteiger partial charge in [0.2, 0.25) is 5.88 Å². The van der Waals surface area contributed by atoms with Gasteiger partial charge in [0.15, 0.2) is 0 Å². The fraction of sp³-hybridized carbons (Fsp3) is 0.600. The standard InChI is InChI=1S/C10H16N2O2/c1-7(2)9(13)4-8-5-11-6-10(12-8)14-3/h5-7,9,13H,4H2,1-3H3. The first-order valence-electron chi connectivity index (χ1n) is 4.66. The van der Waals surface area contributed by atoms with Crippen LogP contribution in [0.1, 0.15) is 19.5 Å². The van der Waals surface area contributed by atoms with Crippen molar-refractivity contribution in [1.82, 2.24) is 9.97 Å². The molecule has 1 aromatic rings. The highest BCUT2D eigenvalue weighted by Crippen LogP contribution is 2.10. The lowest BCUT2D eigenvalue weighted by atomic mass is 10.0. The van der Waals surface area contributed by atoms with Crippen molar-refractivity contribution < 1.29 is 9.84 Å². The third kappa shape index (κ3) is 2.96. The van der Waals surface area contributed by atoms with Crippen LogP contribution in [0.5, 0.6) is 5.88 Å². The number of hydrogen-bond donors (Lipinski definition) is 1. The van der Waals surface area contributed by atoms with Gasteiger partial charge in [-0.15, -0.1) is 0 Å². The molecule has 0 saturated carbocycles. The molecule has 1 N–H and O–H groups in total. The Morgan fingerprint density at radius 2 is 2.14 bits per heavy atom. The molecule has 1 heterocycles. The van der Waals surface area contributed by atoms with Gasteiger partial charge in [0.05, 0.1) is 25.1 Å². The van der Waals surface area contributed by atoms with Gasteiger partial charge in [0, 0.05) is 12.6 Å². The van der Waals surface area contributed by atoms with Gasteiger partial charge in [-0.05, 0) is 5.92 Å². The summed E-state index contributed by atoms with van der Waals surface area (Å²) < 4.78 is 4.94. The number of aliphatic hydroxyl groups is 1. The zero-order valence-electron chi connectivity index (χ0n) is 8.77. The van der Waals surface area contributed by atoms with E-state index >= 15 is 0 Å². The molecule has 0 saturated heterocycles. The molecule has 14 heavy (non-hydrogen) atoms. The first kappa shape index (κ1) is 10.9. The summed E-state index contributed by atoms with van der Waals surface area (Å²) in [4.78, 5) is 8.14. The van der Waals surface area contributed by atoms with Crippen LogP contribution in [0.3, 0.4) is 0 Å². The maximum absolute atomic E-state index is 9.63. The number of hydrogen-bond acceptors (Lipinski definition) is 4. The van der Waals surface area contributed by atoms with E-state index in [2.05, 4.69) is 9.97 Å². The Kier molecular flexibility index (Phi) is 3.83. The number of nitrogens with zero attached hydrogens (tertiary/aromatic N) is 2. The summed E-state index contributed by atoms with van der Waals surface area (Å²) in [5.74, 6) is 0.710. The van der Waals surface area contributed by atoms with Gasteiger partial charge in [0.1, 0.15) is 0 Å². The lowest BCUT2D eigenvalue weighted by Gasteiger charge is -2.13. The van der Waals surface area contributed by atoms with Crippen molar-refractivity contribution >= 4 is 0 Å². The van der Waals surface area contributed by atoms with Crippen molar-refractivity contribution in [2.45, 2.75) is 26.4 Å². The molecule has 78 valence electrons. The number of methoxy groups -OCH3 is 1. The fourth-order valence-corrected chi connectivity index (χ4v) is 1.03. The smallest absolute Gasteiger partial charge is 0.232 e. The number of aliphatic hydroxyl groups excluding tert-OH is 1. The van der Waals surface area contributed by atoms with Crippen molar-refractivity contribution in [3.63, 3.8) is 0 Å². The Morgan fingerprint density at radius 1 is 1.43 bits per heavy atom. The summed E-state index contributed by atoms with van der Waals surface area (Å²) in [5.41, 5.74) is 0.755. The molecule has 0 radical (unpaired) electrons. The molecule has 4 heteroatoms. The Morgan fingerprint density at radius 3 is 2.71 bits per heavy atom. The maximum Gasteiger partial charge on any atom is 0.232 e. The van der Waals surface area contributed by atoms with Crippen LogP contribution < -0.4 is 4.74 Å². The normalized spacial score (nSPS) is 12.9. The Hall–Kier alpha value is -1.16. The van der Waals surface area contributed by atoms with Crippen LogP contribution in [0.25, 0.3) is 0 Å². The molecule has 1 atom stereocenters. The first-order chi connectivity index (χ1) is 6.63. The fourth-order valence-electron chi connectivity index (χ4n) is 1.03. The van der Waals surface area contributed by atoms with E-state index in [4.69, 9.17) is 4.74 Å². The van der Waals surface area contributed by atoms with E-state index in [0.29, 0.717) is 12.3 Å². The number of ether oxygens (including phenoxy) is 1. The highest BCUT2D eigenvalue weighted by Gasteiger charge is 2.11. The molecule has 4 nitrogen and oxygen atoms in total. The van der Waals surface area contributed by atoms with Crippen molar-refractivity contribution in [2.75, 3.05) is 7.11 Å². The van der Waals surface area contributed by atoms with E-state index in [1.165, 1.54) is 0 Å². The zero-order chi connectivity index (χ0) is 10.6. The van der Waals surface area contributed by atoms with Gasteiger partial charge >= 0.3 is 0 Å². The molecule has 1 rings (SSSR count). The molecule has 1 aromatic heterocycles. The SMILES string of the molecule is COc1cncc(CC(O)C(C)C)n1. The summed E-state index contributed by atoms with van der Waals surface area (Å²) in [6, 6.07) is 0. The molecule has 0 aliphatic rings. The van der Waals surface area contributed by atoms with E-state index in [1.54, 1.807) is 19.5 Å². The second kappa shape index (κ2) is 4.91. The predicted molar refractivity (Wildman–Crippen MR) is 53.1 cm³/mol. The monoisotopic (exact) mass is 196 g/mol. The molecule has 1 unspecified atom stereocenters. The summed E-state index contributed by atoms with van der Waals surface area (Å²) in [7, 11) is 1.55. The highest BCUT2D eigenvalue weighted by atomic mass is 16.5. The first-order valence-corrected chi connectivity index (χ1v) is 4.66. The van der Waals surface area contributed by atoms with E-state index in [0.717, 1.165) is 5.69 Å². The molecule has 0 spiro atoms. The van der Waals surface area contributed by atoms with E-state index < -0.39 is 0 Å². The molecule has 0 aliphatic heterocycles. The molecule has 0 amide bonds. The number of rotatable bonds is 4. The van der Waals surface area contributed by atoms with Crippen LogP contribution in [0.4, 0.5) is 0 Å². The third-order valence-corrected chi connectivity index (χ3v) is 2.06. The van der Waals surface area contributed by atoms with Crippen LogP contribution in [0.15, 0.2) is 12.4 Å².